The average molecular weight is 399 g/mol. The molecule has 28 heavy (non-hydrogen) atoms. The number of nitrogens with zero attached hydrogens (tertiary/aromatic N) is 3. The highest BCUT2D eigenvalue weighted by Crippen LogP contribution is 2.33. The number of fused-ring (bicyclic) bond motifs is 1. The van der Waals surface area contributed by atoms with E-state index in [9.17, 15) is 4.39 Å². The van der Waals surface area contributed by atoms with Crippen LogP contribution in [0.2, 0.25) is 0 Å². The third kappa shape index (κ3) is 3.80. The summed E-state index contributed by atoms with van der Waals surface area (Å²) in [5.74, 6) is 1.23. The van der Waals surface area contributed by atoms with E-state index in [1.165, 1.54) is 23.3 Å². The summed E-state index contributed by atoms with van der Waals surface area (Å²) >= 11 is 0. The minimum Gasteiger partial charge on any atom is -0.340 e. The van der Waals surface area contributed by atoms with Crippen molar-refractivity contribution in [3.63, 3.8) is 0 Å². The number of aromatic nitrogens is 2. The molecule has 1 N–H and O–H groups in total. The Morgan fingerprint density at radius 1 is 1.04 bits per heavy atom. The van der Waals surface area contributed by atoms with Gasteiger partial charge in [0.05, 0.1) is 6.04 Å². The highest BCUT2D eigenvalue weighted by molar-refractivity contribution is 5.85. The van der Waals surface area contributed by atoms with Crippen molar-refractivity contribution in [1.29, 1.82) is 0 Å². The lowest BCUT2D eigenvalue weighted by atomic mass is 9.94. The molecule has 1 atom stereocenters. The van der Waals surface area contributed by atoms with Crippen LogP contribution in [0.3, 0.4) is 0 Å². The summed E-state index contributed by atoms with van der Waals surface area (Å²) < 4.78 is 13.2. The molecule has 0 saturated carbocycles. The van der Waals surface area contributed by atoms with Gasteiger partial charge >= 0.3 is 0 Å². The third-order valence-electron chi connectivity index (χ3n) is 5.34. The summed E-state index contributed by atoms with van der Waals surface area (Å²) in [6.07, 6.45) is 0.984. The second-order valence-electron chi connectivity index (χ2n) is 7.03. The van der Waals surface area contributed by atoms with E-state index >= 15 is 0 Å². The molecule has 6 heteroatoms. The molecule has 1 aliphatic rings. The highest BCUT2D eigenvalue weighted by Gasteiger charge is 2.26. The van der Waals surface area contributed by atoms with Gasteiger partial charge in [-0.15, -0.1) is 12.4 Å². The average Bonchev–Trinajstić information content (AvgIpc) is 2.67. The molecule has 0 radical (unpaired) electrons. The van der Waals surface area contributed by atoms with Gasteiger partial charge in [0.1, 0.15) is 11.6 Å². The fraction of sp³-hybridized carbons (Fsp3) is 0.273. The Morgan fingerprint density at radius 3 is 2.50 bits per heavy atom. The number of rotatable bonds is 3. The van der Waals surface area contributed by atoms with Gasteiger partial charge < -0.3 is 10.2 Å². The fourth-order valence-corrected chi connectivity index (χ4v) is 3.58. The van der Waals surface area contributed by atoms with Gasteiger partial charge in [0.2, 0.25) is 5.95 Å². The van der Waals surface area contributed by atoms with Crippen LogP contribution in [-0.4, -0.2) is 16.5 Å². The lowest BCUT2D eigenvalue weighted by Crippen LogP contribution is -2.35. The van der Waals surface area contributed by atoms with E-state index in [-0.39, 0.29) is 24.3 Å². The minimum absolute atomic E-state index is 0. The molecule has 0 unspecified atom stereocenters. The van der Waals surface area contributed by atoms with Crippen LogP contribution < -0.4 is 10.2 Å². The van der Waals surface area contributed by atoms with E-state index in [1.807, 2.05) is 13.8 Å². The van der Waals surface area contributed by atoms with Crippen molar-refractivity contribution < 1.29 is 4.39 Å². The second-order valence-corrected chi connectivity index (χ2v) is 7.03. The quantitative estimate of drug-likeness (QED) is 0.630. The van der Waals surface area contributed by atoms with Crippen molar-refractivity contribution in [2.75, 3.05) is 16.8 Å². The molecule has 2 aromatic carbocycles. The van der Waals surface area contributed by atoms with Gasteiger partial charge in [-0.2, -0.15) is 4.98 Å². The maximum atomic E-state index is 13.2. The van der Waals surface area contributed by atoms with Crippen LogP contribution in [0.5, 0.6) is 0 Å². The molecule has 0 fully saturated rings. The largest absolute Gasteiger partial charge is 0.340 e. The number of halogens is 2. The van der Waals surface area contributed by atoms with Crippen LogP contribution in [0.15, 0.2) is 48.5 Å². The lowest BCUT2D eigenvalue weighted by Gasteiger charge is -2.35. The van der Waals surface area contributed by atoms with E-state index in [0.717, 1.165) is 41.7 Å². The lowest BCUT2D eigenvalue weighted by molar-refractivity contribution is 0.607. The van der Waals surface area contributed by atoms with Gasteiger partial charge in [0.15, 0.2) is 0 Å². The highest BCUT2D eigenvalue weighted by atomic mass is 35.5. The Morgan fingerprint density at radius 2 is 1.75 bits per heavy atom. The molecule has 1 aliphatic heterocycles. The van der Waals surface area contributed by atoms with E-state index in [0.29, 0.717) is 0 Å². The molecule has 2 heterocycles. The van der Waals surface area contributed by atoms with Gasteiger partial charge in [-0.05, 0) is 62.6 Å². The molecule has 0 aliphatic carbocycles. The first-order chi connectivity index (χ1) is 13.0. The van der Waals surface area contributed by atoms with Crippen molar-refractivity contribution in [1.82, 2.24) is 9.97 Å². The van der Waals surface area contributed by atoms with Crippen molar-refractivity contribution in [3.8, 4) is 0 Å². The Bertz CT molecular complexity index is 975. The number of benzene rings is 2. The van der Waals surface area contributed by atoms with Gasteiger partial charge in [0, 0.05) is 23.5 Å². The first-order valence-electron chi connectivity index (χ1n) is 9.25. The Kier molecular flexibility index (Phi) is 5.84. The smallest absolute Gasteiger partial charge is 0.228 e. The van der Waals surface area contributed by atoms with Crippen LogP contribution >= 0.6 is 12.4 Å². The molecule has 0 bridgehead atoms. The standard InChI is InChI=1S/C22H23FN4.ClH/c1-14-15(2)24-22(26-21(14)25-19-10-8-18(23)9-11-19)27-13-12-17-6-4-5-7-20(17)16(27)3;/h4-11,16H,12-13H2,1-3H3,(H,24,25,26);1H/t16-;/m0./s1. The van der Waals surface area contributed by atoms with Crippen LogP contribution in [0.25, 0.3) is 0 Å². The number of hydrogen-bond donors (Lipinski definition) is 1. The molecule has 1 aromatic heterocycles. The molecular weight excluding hydrogens is 375 g/mol. The van der Waals surface area contributed by atoms with Gasteiger partial charge in [-0.25, -0.2) is 9.37 Å². The Hall–Kier alpha value is -2.66. The van der Waals surface area contributed by atoms with E-state index in [1.54, 1.807) is 12.1 Å². The monoisotopic (exact) mass is 398 g/mol. The summed E-state index contributed by atoms with van der Waals surface area (Å²) in [6.45, 7) is 7.08. The summed E-state index contributed by atoms with van der Waals surface area (Å²) in [7, 11) is 0. The van der Waals surface area contributed by atoms with Crippen LogP contribution in [0.1, 0.15) is 35.3 Å². The fourth-order valence-electron chi connectivity index (χ4n) is 3.58. The predicted octanol–water partition coefficient (Wildman–Crippen LogP) is 5.52. The zero-order valence-corrected chi connectivity index (χ0v) is 17.1. The van der Waals surface area contributed by atoms with Gasteiger partial charge in [0.25, 0.3) is 0 Å². The van der Waals surface area contributed by atoms with Crippen LogP contribution in [0, 0.1) is 19.7 Å². The van der Waals surface area contributed by atoms with E-state index in [2.05, 4.69) is 41.4 Å². The molecule has 4 rings (SSSR count). The minimum atomic E-state index is -0.252. The molecule has 0 amide bonds. The van der Waals surface area contributed by atoms with Gasteiger partial charge in [-0.1, -0.05) is 24.3 Å². The van der Waals surface area contributed by atoms with E-state index < -0.39 is 0 Å². The van der Waals surface area contributed by atoms with Crippen molar-refractivity contribution in [2.45, 2.75) is 33.2 Å². The van der Waals surface area contributed by atoms with Gasteiger partial charge in [-0.3, -0.25) is 0 Å². The first-order valence-corrected chi connectivity index (χ1v) is 9.25. The maximum Gasteiger partial charge on any atom is 0.228 e. The first kappa shape index (κ1) is 20.1. The van der Waals surface area contributed by atoms with Crippen LogP contribution in [0.4, 0.5) is 21.8 Å². The summed E-state index contributed by atoms with van der Waals surface area (Å²) in [5.41, 5.74) is 5.47. The molecule has 146 valence electrons. The predicted molar refractivity (Wildman–Crippen MR) is 114 cm³/mol. The molecule has 4 nitrogen and oxygen atoms in total. The SMILES string of the molecule is Cc1nc(N2CCc3ccccc3[C@@H]2C)nc(Nc2ccc(F)cc2)c1C.Cl. The van der Waals surface area contributed by atoms with Crippen molar-refractivity contribution >= 4 is 29.9 Å². The molecule has 0 saturated heterocycles. The Labute approximate surface area is 171 Å². The van der Waals surface area contributed by atoms with Crippen LogP contribution in [-0.2, 0) is 6.42 Å². The maximum absolute atomic E-state index is 13.2. The molecule has 3 aromatic rings. The van der Waals surface area contributed by atoms with E-state index in [4.69, 9.17) is 9.97 Å². The molecule has 0 spiro atoms. The third-order valence-corrected chi connectivity index (χ3v) is 5.34. The summed E-state index contributed by atoms with van der Waals surface area (Å²) in [4.78, 5) is 11.8. The number of anilines is 3. The zero-order chi connectivity index (χ0) is 19.0. The molecular formula is C22H24ClFN4. The normalized spacial score (nSPS) is 15.6. The number of nitrogens with one attached hydrogen (secondary N) is 1. The topological polar surface area (TPSA) is 41.1 Å². The Balaban J connectivity index is 0.00000225. The zero-order valence-electron chi connectivity index (χ0n) is 16.2. The van der Waals surface area contributed by atoms with Crippen molar-refractivity contribution in [2.24, 2.45) is 0 Å². The number of hydrogen-bond acceptors (Lipinski definition) is 4. The number of aryl methyl sites for hydroxylation is 1. The second kappa shape index (κ2) is 8.15. The van der Waals surface area contributed by atoms with Crippen molar-refractivity contribution in [3.05, 3.63) is 76.7 Å². The summed E-state index contributed by atoms with van der Waals surface area (Å²) in [5, 5.41) is 3.31. The summed E-state index contributed by atoms with van der Waals surface area (Å²) in [6, 6.07) is 15.1.